The van der Waals surface area contributed by atoms with Gasteiger partial charge in [-0.3, -0.25) is 4.79 Å². The van der Waals surface area contributed by atoms with Gasteiger partial charge in [0, 0.05) is 16.0 Å². The van der Waals surface area contributed by atoms with Crippen molar-refractivity contribution < 1.29 is 13.2 Å². The van der Waals surface area contributed by atoms with Crippen molar-refractivity contribution in [2.75, 3.05) is 6.54 Å². The van der Waals surface area contributed by atoms with Crippen LogP contribution in [0.25, 0.3) is 0 Å². The van der Waals surface area contributed by atoms with Crippen LogP contribution >= 0.6 is 27.5 Å². The SMILES string of the molecule is C=C(Br)CNC(=O)[C@H](C)NS(=O)(=O)c1ccc(Cl)cc1. The number of carbonyl (C=O) groups excluding carboxylic acids is 1. The van der Waals surface area contributed by atoms with Crippen molar-refractivity contribution in [1.82, 2.24) is 10.0 Å². The lowest BCUT2D eigenvalue weighted by atomic mass is 10.3. The van der Waals surface area contributed by atoms with Crippen LogP contribution in [0.4, 0.5) is 0 Å². The van der Waals surface area contributed by atoms with Gasteiger partial charge >= 0.3 is 0 Å². The van der Waals surface area contributed by atoms with Crippen LogP contribution < -0.4 is 10.0 Å². The van der Waals surface area contributed by atoms with Crippen molar-refractivity contribution in [2.24, 2.45) is 0 Å². The quantitative estimate of drug-likeness (QED) is 0.792. The lowest BCUT2D eigenvalue weighted by molar-refractivity contribution is -0.122. The van der Waals surface area contributed by atoms with Gasteiger partial charge in [-0.1, -0.05) is 34.1 Å². The highest BCUT2D eigenvalue weighted by Crippen LogP contribution is 2.14. The smallest absolute Gasteiger partial charge is 0.241 e. The summed E-state index contributed by atoms with van der Waals surface area (Å²) in [5.41, 5.74) is 0. The summed E-state index contributed by atoms with van der Waals surface area (Å²) in [6, 6.07) is 4.78. The molecule has 0 spiro atoms. The molecule has 0 aliphatic carbocycles. The zero-order valence-electron chi connectivity index (χ0n) is 10.7. The Hall–Kier alpha value is -0.890. The molecule has 1 rings (SSSR count). The molecule has 0 fully saturated rings. The van der Waals surface area contributed by atoms with Gasteiger partial charge in [-0.15, -0.1) is 0 Å². The average molecular weight is 382 g/mol. The second-order valence-electron chi connectivity index (χ2n) is 4.03. The number of hydrogen-bond donors (Lipinski definition) is 2. The lowest BCUT2D eigenvalue weighted by Crippen LogP contribution is -2.44. The molecule has 0 heterocycles. The van der Waals surface area contributed by atoms with E-state index in [9.17, 15) is 13.2 Å². The topological polar surface area (TPSA) is 75.3 Å². The molecule has 0 bridgehead atoms. The third-order valence-corrected chi connectivity index (χ3v) is 4.39. The highest BCUT2D eigenvalue weighted by molar-refractivity contribution is 9.11. The lowest BCUT2D eigenvalue weighted by Gasteiger charge is -2.14. The fraction of sp³-hybridized carbons (Fsp3) is 0.250. The van der Waals surface area contributed by atoms with Crippen molar-refractivity contribution in [2.45, 2.75) is 17.9 Å². The molecule has 1 aromatic carbocycles. The van der Waals surface area contributed by atoms with E-state index in [-0.39, 0.29) is 11.4 Å². The maximum absolute atomic E-state index is 12.0. The summed E-state index contributed by atoms with van der Waals surface area (Å²) in [5.74, 6) is -0.442. The van der Waals surface area contributed by atoms with E-state index in [2.05, 4.69) is 32.5 Å². The molecule has 0 saturated heterocycles. The zero-order chi connectivity index (χ0) is 15.3. The minimum absolute atomic E-state index is 0.0476. The molecular weight excluding hydrogens is 368 g/mol. The van der Waals surface area contributed by atoms with Crippen molar-refractivity contribution in [3.8, 4) is 0 Å². The molecule has 2 N–H and O–H groups in total. The van der Waals surface area contributed by atoms with Crippen molar-refractivity contribution in [3.63, 3.8) is 0 Å². The van der Waals surface area contributed by atoms with E-state index < -0.39 is 22.0 Å². The van der Waals surface area contributed by atoms with Crippen LogP contribution in [-0.4, -0.2) is 26.9 Å². The Morgan fingerprint density at radius 2 is 1.95 bits per heavy atom. The number of amides is 1. The number of halogens is 2. The molecule has 0 radical (unpaired) electrons. The molecular formula is C12H14BrClN2O3S. The van der Waals surface area contributed by atoms with Gasteiger partial charge in [-0.2, -0.15) is 4.72 Å². The van der Waals surface area contributed by atoms with Crippen LogP contribution in [0.2, 0.25) is 5.02 Å². The molecule has 0 unspecified atom stereocenters. The summed E-state index contributed by atoms with van der Waals surface area (Å²) >= 11 is 8.79. The Labute approximate surface area is 131 Å². The predicted octanol–water partition coefficient (Wildman–Crippen LogP) is 2.03. The number of benzene rings is 1. The standard InChI is InChI=1S/C12H14BrClN2O3S/c1-8(13)7-15-12(17)9(2)16-20(18,19)11-5-3-10(14)4-6-11/h3-6,9,16H,1,7H2,2H3,(H,15,17)/t9-/m0/s1. The van der Waals surface area contributed by atoms with E-state index in [0.717, 1.165) is 0 Å². The monoisotopic (exact) mass is 380 g/mol. The minimum atomic E-state index is -3.76. The van der Waals surface area contributed by atoms with E-state index in [1.165, 1.54) is 31.2 Å². The Balaban J connectivity index is 2.73. The van der Waals surface area contributed by atoms with E-state index in [4.69, 9.17) is 11.6 Å². The third-order valence-electron chi connectivity index (χ3n) is 2.30. The highest BCUT2D eigenvalue weighted by atomic mass is 79.9. The van der Waals surface area contributed by atoms with E-state index in [1.54, 1.807) is 0 Å². The fourth-order valence-corrected chi connectivity index (χ4v) is 2.77. The molecule has 20 heavy (non-hydrogen) atoms. The molecule has 8 heteroatoms. The second-order valence-corrected chi connectivity index (χ2v) is 7.30. The van der Waals surface area contributed by atoms with Gasteiger partial charge in [0.05, 0.1) is 10.9 Å². The van der Waals surface area contributed by atoms with Gasteiger partial charge in [0.25, 0.3) is 0 Å². The number of carbonyl (C=O) groups is 1. The molecule has 1 aromatic rings. The first kappa shape index (κ1) is 17.2. The Morgan fingerprint density at radius 3 is 2.45 bits per heavy atom. The first-order chi connectivity index (χ1) is 9.22. The van der Waals surface area contributed by atoms with Gasteiger partial charge in [0.15, 0.2) is 0 Å². The minimum Gasteiger partial charge on any atom is -0.350 e. The van der Waals surface area contributed by atoms with Gasteiger partial charge in [-0.25, -0.2) is 8.42 Å². The normalized spacial score (nSPS) is 12.8. The van der Waals surface area contributed by atoms with Crippen LogP contribution in [0, 0.1) is 0 Å². The first-order valence-corrected chi connectivity index (χ1v) is 8.26. The summed E-state index contributed by atoms with van der Waals surface area (Å²) < 4.78 is 27.0. The number of nitrogens with one attached hydrogen (secondary N) is 2. The molecule has 110 valence electrons. The molecule has 1 amide bonds. The van der Waals surface area contributed by atoms with Crippen LogP contribution in [0.15, 0.2) is 40.2 Å². The zero-order valence-corrected chi connectivity index (χ0v) is 13.8. The van der Waals surface area contributed by atoms with Crippen LogP contribution in [0.3, 0.4) is 0 Å². The first-order valence-electron chi connectivity index (χ1n) is 5.61. The highest BCUT2D eigenvalue weighted by Gasteiger charge is 2.21. The summed E-state index contributed by atoms with van der Waals surface area (Å²) in [7, 11) is -3.76. The molecule has 5 nitrogen and oxygen atoms in total. The molecule has 1 atom stereocenters. The second kappa shape index (κ2) is 7.21. The van der Waals surface area contributed by atoms with Crippen molar-refractivity contribution >= 4 is 43.5 Å². The van der Waals surface area contributed by atoms with Crippen LogP contribution in [0.1, 0.15) is 6.92 Å². The molecule has 0 aliphatic rings. The fourth-order valence-electron chi connectivity index (χ4n) is 1.30. The summed E-state index contributed by atoms with van der Waals surface area (Å²) in [5, 5.41) is 2.97. The van der Waals surface area contributed by atoms with E-state index in [0.29, 0.717) is 9.51 Å². The molecule has 0 aliphatic heterocycles. The van der Waals surface area contributed by atoms with Gasteiger partial charge in [-0.05, 0) is 31.2 Å². The molecule has 0 saturated carbocycles. The molecule has 0 aromatic heterocycles. The van der Waals surface area contributed by atoms with Crippen LogP contribution in [-0.2, 0) is 14.8 Å². The van der Waals surface area contributed by atoms with Gasteiger partial charge in [0.2, 0.25) is 15.9 Å². The van der Waals surface area contributed by atoms with Crippen LogP contribution in [0.5, 0.6) is 0 Å². The van der Waals surface area contributed by atoms with E-state index in [1.807, 2.05) is 0 Å². The van der Waals surface area contributed by atoms with Gasteiger partial charge in [0.1, 0.15) is 0 Å². The third kappa shape index (κ3) is 5.24. The number of hydrogen-bond acceptors (Lipinski definition) is 3. The summed E-state index contributed by atoms with van der Waals surface area (Å²) in [4.78, 5) is 11.7. The van der Waals surface area contributed by atoms with Crippen molar-refractivity contribution in [3.05, 3.63) is 40.3 Å². The maximum Gasteiger partial charge on any atom is 0.241 e. The Morgan fingerprint density at radius 1 is 1.40 bits per heavy atom. The Kier molecular flexibility index (Phi) is 6.19. The van der Waals surface area contributed by atoms with Crippen molar-refractivity contribution in [1.29, 1.82) is 0 Å². The summed E-state index contributed by atoms with van der Waals surface area (Å²) in [6.07, 6.45) is 0. The maximum atomic E-state index is 12.0. The average Bonchev–Trinajstić information content (AvgIpc) is 2.35. The number of sulfonamides is 1. The summed E-state index contributed by atoms with van der Waals surface area (Å²) in [6.45, 7) is 5.25. The largest absolute Gasteiger partial charge is 0.350 e. The van der Waals surface area contributed by atoms with Gasteiger partial charge < -0.3 is 5.32 Å². The van der Waals surface area contributed by atoms with E-state index >= 15 is 0 Å². The Bertz CT molecular complexity index is 602. The number of rotatable bonds is 6. The predicted molar refractivity (Wildman–Crippen MR) is 82.3 cm³/mol.